The summed E-state index contributed by atoms with van der Waals surface area (Å²) in [4.78, 5) is 15.9. The fourth-order valence-electron chi connectivity index (χ4n) is 2.54. The van der Waals surface area contributed by atoms with Crippen molar-refractivity contribution < 1.29 is 9.90 Å². The standard InChI is InChI=1S/C17H16N2O2/c1-11-6-8-13(9-7-11)10-19-12(2)18-15-5-3-4-14(16(15)19)17(20)21/h3-9H,10H2,1-2H3,(H,20,21). The molecule has 0 spiro atoms. The van der Waals surface area contributed by atoms with Gasteiger partial charge in [0.1, 0.15) is 5.82 Å². The van der Waals surface area contributed by atoms with Crippen LogP contribution in [-0.2, 0) is 6.54 Å². The number of carboxylic acids is 1. The van der Waals surface area contributed by atoms with E-state index in [9.17, 15) is 9.90 Å². The monoisotopic (exact) mass is 280 g/mol. The van der Waals surface area contributed by atoms with Crippen LogP contribution in [0.2, 0.25) is 0 Å². The number of nitrogens with zero attached hydrogens (tertiary/aromatic N) is 2. The lowest BCUT2D eigenvalue weighted by molar-refractivity contribution is 0.0698. The Morgan fingerprint density at radius 2 is 1.86 bits per heavy atom. The quantitative estimate of drug-likeness (QED) is 0.800. The number of hydrogen-bond donors (Lipinski definition) is 1. The largest absolute Gasteiger partial charge is 0.478 e. The molecular formula is C17H16N2O2. The molecule has 0 saturated heterocycles. The Morgan fingerprint density at radius 1 is 1.14 bits per heavy atom. The normalized spacial score (nSPS) is 11.0. The Labute approximate surface area is 122 Å². The van der Waals surface area contributed by atoms with Gasteiger partial charge in [0.05, 0.1) is 16.6 Å². The van der Waals surface area contributed by atoms with Crippen LogP contribution in [0.4, 0.5) is 0 Å². The van der Waals surface area contributed by atoms with Crippen LogP contribution in [0.3, 0.4) is 0 Å². The van der Waals surface area contributed by atoms with Crippen molar-refractivity contribution in [1.82, 2.24) is 9.55 Å². The molecule has 0 bridgehead atoms. The molecule has 4 heteroatoms. The van der Waals surface area contributed by atoms with E-state index in [2.05, 4.69) is 29.2 Å². The predicted molar refractivity (Wildman–Crippen MR) is 81.7 cm³/mol. The van der Waals surface area contributed by atoms with Gasteiger partial charge in [-0.3, -0.25) is 0 Å². The highest BCUT2D eigenvalue weighted by Crippen LogP contribution is 2.22. The van der Waals surface area contributed by atoms with Gasteiger partial charge in [-0.25, -0.2) is 9.78 Å². The highest BCUT2D eigenvalue weighted by atomic mass is 16.4. The Balaban J connectivity index is 2.15. The Hall–Kier alpha value is -2.62. The maximum absolute atomic E-state index is 11.4. The molecule has 1 aromatic heterocycles. The number of hydrogen-bond acceptors (Lipinski definition) is 2. The van der Waals surface area contributed by atoms with Crippen LogP contribution in [-0.4, -0.2) is 20.6 Å². The van der Waals surface area contributed by atoms with Gasteiger partial charge < -0.3 is 9.67 Å². The van der Waals surface area contributed by atoms with Gasteiger partial charge >= 0.3 is 5.97 Å². The van der Waals surface area contributed by atoms with Crippen molar-refractivity contribution in [2.45, 2.75) is 20.4 Å². The second-order valence-corrected chi connectivity index (χ2v) is 5.21. The number of aryl methyl sites for hydroxylation is 2. The average Bonchev–Trinajstić information content (AvgIpc) is 2.77. The second kappa shape index (κ2) is 5.05. The predicted octanol–water partition coefficient (Wildman–Crippen LogP) is 3.40. The maximum Gasteiger partial charge on any atom is 0.337 e. The lowest BCUT2D eigenvalue weighted by atomic mass is 10.1. The SMILES string of the molecule is Cc1ccc(Cn2c(C)nc3cccc(C(=O)O)c32)cc1. The number of para-hydroxylation sites is 1. The minimum Gasteiger partial charge on any atom is -0.478 e. The fourth-order valence-corrected chi connectivity index (χ4v) is 2.54. The maximum atomic E-state index is 11.4. The zero-order chi connectivity index (χ0) is 15.0. The zero-order valence-electron chi connectivity index (χ0n) is 12.0. The van der Waals surface area contributed by atoms with E-state index in [1.54, 1.807) is 12.1 Å². The van der Waals surface area contributed by atoms with E-state index in [1.165, 1.54) is 5.56 Å². The summed E-state index contributed by atoms with van der Waals surface area (Å²) in [5.74, 6) is -0.107. The number of carboxylic acid groups (broad SMARTS) is 1. The lowest BCUT2D eigenvalue weighted by Gasteiger charge is -2.09. The number of rotatable bonds is 3. The van der Waals surface area contributed by atoms with Crippen molar-refractivity contribution in [3.8, 4) is 0 Å². The van der Waals surface area contributed by atoms with Crippen molar-refractivity contribution in [3.05, 3.63) is 65.0 Å². The highest BCUT2D eigenvalue weighted by Gasteiger charge is 2.15. The third-order valence-corrected chi connectivity index (χ3v) is 3.65. The first kappa shape index (κ1) is 13.4. The van der Waals surface area contributed by atoms with Crippen LogP contribution in [0.25, 0.3) is 11.0 Å². The number of aromatic nitrogens is 2. The topological polar surface area (TPSA) is 55.1 Å². The summed E-state index contributed by atoms with van der Waals surface area (Å²) in [5, 5.41) is 9.38. The molecule has 106 valence electrons. The van der Waals surface area contributed by atoms with Crippen molar-refractivity contribution in [1.29, 1.82) is 0 Å². The first-order chi connectivity index (χ1) is 10.1. The van der Waals surface area contributed by atoms with Gasteiger partial charge in [-0.15, -0.1) is 0 Å². The van der Waals surface area contributed by atoms with Crippen LogP contribution in [0.5, 0.6) is 0 Å². The van der Waals surface area contributed by atoms with Crippen molar-refractivity contribution in [2.75, 3.05) is 0 Å². The number of fused-ring (bicyclic) bond motifs is 1. The summed E-state index contributed by atoms with van der Waals surface area (Å²) < 4.78 is 1.96. The molecule has 0 amide bonds. The van der Waals surface area contributed by atoms with Crippen molar-refractivity contribution in [3.63, 3.8) is 0 Å². The molecule has 1 heterocycles. The van der Waals surface area contributed by atoms with Crippen LogP contribution < -0.4 is 0 Å². The van der Waals surface area contributed by atoms with Gasteiger partial charge in [-0.2, -0.15) is 0 Å². The van der Waals surface area contributed by atoms with Gasteiger partial charge in [0.2, 0.25) is 0 Å². The number of imidazole rings is 1. The lowest BCUT2D eigenvalue weighted by Crippen LogP contribution is -2.06. The van der Waals surface area contributed by atoms with E-state index >= 15 is 0 Å². The van der Waals surface area contributed by atoms with Crippen molar-refractivity contribution >= 4 is 17.0 Å². The highest BCUT2D eigenvalue weighted by molar-refractivity contribution is 6.01. The molecule has 0 aliphatic heterocycles. The van der Waals surface area contributed by atoms with Crippen LogP contribution in [0.1, 0.15) is 27.3 Å². The molecule has 0 saturated carbocycles. The smallest absolute Gasteiger partial charge is 0.337 e. The van der Waals surface area contributed by atoms with E-state index in [1.807, 2.05) is 24.5 Å². The first-order valence-electron chi connectivity index (χ1n) is 6.81. The molecule has 1 N–H and O–H groups in total. The van der Waals surface area contributed by atoms with Crippen LogP contribution in [0.15, 0.2) is 42.5 Å². The third-order valence-electron chi connectivity index (χ3n) is 3.65. The minimum atomic E-state index is -0.925. The summed E-state index contributed by atoms with van der Waals surface area (Å²) in [6.07, 6.45) is 0. The van der Waals surface area contributed by atoms with Crippen LogP contribution >= 0.6 is 0 Å². The second-order valence-electron chi connectivity index (χ2n) is 5.21. The zero-order valence-corrected chi connectivity index (χ0v) is 12.0. The molecule has 3 rings (SSSR count). The van der Waals surface area contributed by atoms with Gasteiger partial charge in [0.25, 0.3) is 0 Å². The van der Waals surface area contributed by atoms with E-state index in [0.717, 1.165) is 16.9 Å². The summed E-state index contributed by atoms with van der Waals surface area (Å²) in [7, 11) is 0. The molecule has 2 aromatic carbocycles. The van der Waals surface area contributed by atoms with E-state index in [-0.39, 0.29) is 0 Å². The number of aromatic carboxylic acids is 1. The molecule has 0 aliphatic rings. The Morgan fingerprint density at radius 3 is 2.52 bits per heavy atom. The minimum absolute atomic E-state index is 0.292. The Bertz CT molecular complexity index is 817. The Kier molecular flexibility index (Phi) is 3.22. The van der Waals surface area contributed by atoms with E-state index < -0.39 is 5.97 Å². The average molecular weight is 280 g/mol. The molecule has 0 fully saturated rings. The molecule has 0 atom stereocenters. The fraction of sp³-hybridized carbons (Fsp3) is 0.176. The molecule has 0 aliphatic carbocycles. The third kappa shape index (κ3) is 2.40. The first-order valence-corrected chi connectivity index (χ1v) is 6.81. The molecule has 0 unspecified atom stereocenters. The van der Waals surface area contributed by atoms with Crippen molar-refractivity contribution in [2.24, 2.45) is 0 Å². The summed E-state index contributed by atoms with van der Waals surface area (Å²) in [5.41, 5.74) is 4.03. The van der Waals surface area contributed by atoms with E-state index in [4.69, 9.17) is 0 Å². The molecule has 3 aromatic rings. The van der Waals surface area contributed by atoms with Gasteiger partial charge in [0, 0.05) is 6.54 Å². The summed E-state index contributed by atoms with van der Waals surface area (Å²) in [6, 6.07) is 13.4. The van der Waals surface area contributed by atoms with Gasteiger partial charge in [-0.05, 0) is 31.5 Å². The van der Waals surface area contributed by atoms with E-state index in [0.29, 0.717) is 17.6 Å². The van der Waals surface area contributed by atoms with Crippen LogP contribution in [0, 0.1) is 13.8 Å². The molecular weight excluding hydrogens is 264 g/mol. The number of carbonyl (C=O) groups is 1. The van der Waals surface area contributed by atoms with Gasteiger partial charge in [0.15, 0.2) is 0 Å². The van der Waals surface area contributed by atoms with Gasteiger partial charge in [-0.1, -0.05) is 35.9 Å². The number of benzene rings is 2. The molecule has 21 heavy (non-hydrogen) atoms. The molecule has 0 radical (unpaired) electrons. The summed E-state index contributed by atoms with van der Waals surface area (Å²) in [6.45, 7) is 4.57. The molecule has 4 nitrogen and oxygen atoms in total. The summed E-state index contributed by atoms with van der Waals surface area (Å²) >= 11 is 0.